The molecule has 1 atom stereocenters. The van der Waals surface area contributed by atoms with Gasteiger partial charge in [-0.25, -0.2) is 4.79 Å². The molecule has 1 aromatic carbocycles. The van der Waals surface area contributed by atoms with Gasteiger partial charge in [-0.15, -0.1) is 0 Å². The number of nitrogens with one attached hydrogen (secondary N) is 1. The lowest BCUT2D eigenvalue weighted by Crippen LogP contribution is -2.43. The largest absolute Gasteiger partial charge is 0.480 e. The molecule has 1 rings (SSSR count). The first-order valence-corrected chi connectivity index (χ1v) is 6.03. The molecule has 0 radical (unpaired) electrons. The van der Waals surface area contributed by atoms with E-state index in [-0.39, 0.29) is 6.61 Å². The van der Waals surface area contributed by atoms with Gasteiger partial charge < -0.3 is 15.2 Å². The van der Waals surface area contributed by atoms with Crippen LogP contribution in [0.2, 0.25) is 0 Å². The highest BCUT2D eigenvalue weighted by Gasteiger charge is 2.20. The Balaban J connectivity index is 2.80. The summed E-state index contributed by atoms with van der Waals surface area (Å²) in [4.78, 5) is 22.7. The number of carbonyl (C=O) groups is 2. The van der Waals surface area contributed by atoms with E-state index < -0.39 is 17.9 Å². The molecule has 1 unspecified atom stereocenters. The number of hydrogen-bond donors (Lipinski definition) is 2. The zero-order chi connectivity index (χ0) is 13.7. The third kappa shape index (κ3) is 3.82. The van der Waals surface area contributed by atoms with Gasteiger partial charge in [-0.3, -0.25) is 4.79 Å². The van der Waals surface area contributed by atoms with Crippen LogP contribution in [0.1, 0.15) is 15.9 Å². The number of carboxylic acid groups (broad SMARTS) is 1. The molecule has 0 aliphatic carbocycles. The number of methoxy groups -OCH3 is 1. The first-order valence-electron chi connectivity index (χ1n) is 5.24. The fourth-order valence-electron chi connectivity index (χ4n) is 1.37. The minimum absolute atomic E-state index is 0.0728. The summed E-state index contributed by atoms with van der Waals surface area (Å²) in [7, 11) is 1.38. The minimum atomic E-state index is -1.13. The highest BCUT2D eigenvalue weighted by Crippen LogP contribution is 2.17. The number of ether oxygens (including phenoxy) is 1. The molecule has 0 aliphatic rings. The van der Waals surface area contributed by atoms with Crippen molar-refractivity contribution in [3.63, 3.8) is 0 Å². The molecule has 2 N–H and O–H groups in total. The fraction of sp³-hybridized carbons (Fsp3) is 0.333. The number of benzene rings is 1. The van der Waals surface area contributed by atoms with E-state index in [0.29, 0.717) is 5.56 Å². The summed E-state index contributed by atoms with van der Waals surface area (Å²) in [5.41, 5.74) is 1.32. The topological polar surface area (TPSA) is 75.6 Å². The number of aliphatic carboxylic acids is 1. The van der Waals surface area contributed by atoms with Crippen LogP contribution in [0.4, 0.5) is 0 Å². The molecule has 0 aromatic heterocycles. The van der Waals surface area contributed by atoms with E-state index in [1.165, 1.54) is 7.11 Å². The monoisotopic (exact) mass is 315 g/mol. The van der Waals surface area contributed by atoms with E-state index in [1.807, 2.05) is 6.92 Å². The summed E-state index contributed by atoms with van der Waals surface area (Å²) < 4.78 is 5.64. The van der Waals surface area contributed by atoms with Crippen LogP contribution in [-0.4, -0.2) is 36.7 Å². The lowest BCUT2D eigenvalue weighted by molar-refractivity contribution is -0.140. The summed E-state index contributed by atoms with van der Waals surface area (Å²) in [6.45, 7) is 1.78. The van der Waals surface area contributed by atoms with E-state index in [1.54, 1.807) is 18.2 Å². The van der Waals surface area contributed by atoms with Crippen LogP contribution in [0.3, 0.4) is 0 Å². The van der Waals surface area contributed by atoms with Crippen molar-refractivity contribution in [1.82, 2.24) is 5.32 Å². The van der Waals surface area contributed by atoms with Crippen LogP contribution < -0.4 is 5.32 Å². The van der Waals surface area contributed by atoms with Crippen molar-refractivity contribution < 1.29 is 19.4 Å². The van der Waals surface area contributed by atoms with Crippen LogP contribution >= 0.6 is 15.9 Å². The van der Waals surface area contributed by atoms with E-state index >= 15 is 0 Å². The smallest absolute Gasteiger partial charge is 0.328 e. The molecule has 0 spiro atoms. The average Bonchev–Trinajstić information content (AvgIpc) is 2.31. The van der Waals surface area contributed by atoms with Crippen molar-refractivity contribution in [2.24, 2.45) is 0 Å². The molecule has 18 heavy (non-hydrogen) atoms. The zero-order valence-corrected chi connectivity index (χ0v) is 11.7. The van der Waals surface area contributed by atoms with Gasteiger partial charge in [0.15, 0.2) is 6.04 Å². The van der Waals surface area contributed by atoms with Crippen LogP contribution in [0.25, 0.3) is 0 Å². The Kier molecular flexibility index (Phi) is 5.30. The number of carbonyl (C=O) groups excluding carboxylic acids is 1. The Morgan fingerprint density at radius 1 is 1.50 bits per heavy atom. The molecule has 0 bridgehead atoms. The molecule has 0 aliphatic heterocycles. The molecule has 0 fully saturated rings. The van der Waals surface area contributed by atoms with Gasteiger partial charge in [0.05, 0.1) is 6.61 Å². The van der Waals surface area contributed by atoms with Gasteiger partial charge in [0.25, 0.3) is 5.91 Å². The lowest BCUT2D eigenvalue weighted by atomic mass is 10.1. The molecule has 1 aromatic rings. The Morgan fingerprint density at radius 2 is 2.17 bits per heavy atom. The predicted molar refractivity (Wildman–Crippen MR) is 69.6 cm³/mol. The van der Waals surface area contributed by atoms with Gasteiger partial charge in [0.2, 0.25) is 0 Å². The van der Waals surface area contributed by atoms with E-state index in [2.05, 4.69) is 21.2 Å². The Bertz CT molecular complexity index is 461. The van der Waals surface area contributed by atoms with E-state index in [0.717, 1.165) is 10.0 Å². The van der Waals surface area contributed by atoms with Crippen LogP contribution in [0.15, 0.2) is 22.7 Å². The predicted octanol–water partition coefficient (Wildman–Crippen LogP) is 1.59. The molecule has 1 amide bonds. The Morgan fingerprint density at radius 3 is 2.67 bits per heavy atom. The van der Waals surface area contributed by atoms with Crippen LogP contribution in [0, 0.1) is 6.92 Å². The van der Waals surface area contributed by atoms with Crippen molar-refractivity contribution in [2.75, 3.05) is 13.7 Å². The number of hydrogen-bond acceptors (Lipinski definition) is 3. The molecular formula is C12H14BrNO4. The van der Waals surface area contributed by atoms with Gasteiger partial charge >= 0.3 is 5.97 Å². The molecule has 6 heteroatoms. The van der Waals surface area contributed by atoms with Crippen molar-refractivity contribution in [2.45, 2.75) is 13.0 Å². The first kappa shape index (κ1) is 14.7. The third-order valence-corrected chi connectivity index (χ3v) is 3.25. The highest BCUT2D eigenvalue weighted by atomic mass is 79.9. The summed E-state index contributed by atoms with van der Waals surface area (Å²) in [6.07, 6.45) is 0. The number of aryl methyl sites for hydroxylation is 1. The third-order valence-electron chi connectivity index (χ3n) is 2.36. The highest BCUT2D eigenvalue weighted by molar-refractivity contribution is 9.10. The van der Waals surface area contributed by atoms with Gasteiger partial charge in [0, 0.05) is 17.1 Å². The minimum Gasteiger partial charge on any atom is -0.480 e. The summed E-state index contributed by atoms with van der Waals surface area (Å²) in [5.74, 6) is -1.56. The SMILES string of the molecule is COCC(NC(=O)c1ccc(Br)c(C)c1)C(=O)O. The standard InChI is InChI=1S/C12H14BrNO4/c1-7-5-8(3-4-9(7)13)11(15)14-10(6-18-2)12(16)17/h3-5,10H,6H2,1-2H3,(H,14,15)(H,16,17). The Labute approximate surface area is 113 Å². The molecule has 0 heterocycles. The summed E-state index contributed by atoms with van der Waals surface area (Å²) in [5, 5.41) is 11.3. The quantitative estimate of drug-likeness (QED) is 0.865. The average molecular weight is 316 g/mol. The van der Waals surface area contributed by atoms with Gasteiger partial charge in [-0.2, -0.15) is 0 Å². The Hall–Kier alpha value is -1.40. The van der Waals surface area contributed by atoms with Crippen LogP contribution in [-0.2, 0) is 9.53 Å². The second kappa shape index (κ2) is 6.51. The summed E-state index contributed by atoms with van der Waals surface area (Å²) >= 11 is 3.33. The first-order chi connectivity index (χ1) is 8.45. The van der Waals surface area contributed by atoms with E-state index in [4.69, 9.17) is 9.84 Å². The lowest BCUT2D eigenvalue weighted by Gasteiger charge is -2.13. The maximum absolute atomic E-state index is 11.9. The summed E-state index contributed by atoms with van der Waals surface area (Å²) in [6, 6.07) is 4.01. The number of amides is 1. The van der Waals surface area contributed by atoms with Crippen LogP contribution in [0.5, 0.6) is 0 Å². The number of rotatable bonds is 5. The van der Waals surface area contributed by atoms with Crippen molar-refractivity contribution in [3.05, 3.63) is 33.8 Å². The van der Waals surface area contributed by atoms with Crippen molar-refractivity contribution >= 4 is 27.8 Å². The molecule has 0 saturated carbocycles. The fourth-order valence-corrected chi connectivity index (χ4v) is 1.62. The van der Waals surface area contributed by atoms with Crippen molar-refractivity contribution in [1.29, 1.82) is 0 Å². The second-order valence-corrected chi connectivity index (χ2v) is 4.64. The maximum atomic E-state index is 11.9. The number of carboxylic acids is 1. The molecular weight excluding hydrogens is 302 g/mol. The molecule has 98 valence electrons. The normalized spacial score (nSPS) is 11.9. The maximum Gasteiger partial charge on any atom is 0.328 e. The van der Waals surface area contributed by atoms with Gasteiger partial charge in [0.1, 0.15) is 0 Å². The zero-order valence-electron chi connectivity index (χ0n) is 10.1. The molecule has 5 nitrogen and oxygen atoms in total. The van der Waals surface area contributed by atoms with E-state index in [9.17, 15) is 9.59 Å². The number of halogens is 1. The van der Waals surface area contributed by atoms with Crippen molar-refractivity contribution in [3.8, 4) is 0 Å². The second-order valence-electron chi connectivity index (χ2n) is 3.78. The van der Waals surface area contributed by atoms with Gasteiger partial charge in [-0.1, -0.05) is 15.9 Å². The molecule has 0 saturated heterocycles. The van der Waals surface area contributed by atoms with Gasteiger partial charge in [-0.05, 0) is 30.7 Å².